The van der Waals surface area contributed by atoms with E-state index in [1.807, 2.05) is 54.8 Å². The van der Waals surface area contributed by atoms with Crippen molar-refractivity contribution >= 4 is 56.7 Å². The number of rotatable bonds is 8. The van der Waals surface area contributed by atoms with Crippen LogP contribution in [0.5, 0.6) is 0 Å². The molecule has 0 unspecified atom stereocenters. The molecule has 0 radical (unpaired) electrons. The zero-order valence-corrected chi connectivity index (χ0v) is 21.0. The molecule has 0 saturated heterocycles. The minimum Gasteiger partial charge on any atom is -0.461 e. The fourth-order valence-electron chi connectivity index (χ4n) is 3.43. The molecule has 0 aliphatic carbocycles. The number of allylic oxidation sites excluding steroid dienone is 1. The van der Waals surface area contributed by atoms with Crippen molar-refractivity contribution in [2.45, 2.75) is 18.6 Å². The van der Waals surface area contributed by atoms with Crippen LogP contribution in [0.3, 0.4) is 0 Å². The number of aromatic nitrogens is 4. The van der Waals surface area contributed by atoms with E-state index in [1.54, 1.807) is 6.08 Å². The van der Waals surface area contributed by atoms with Gasteiger partial charge < -0.3 is 4.42 Å². The highest BCUT2D eigenvalue weighted by molar-refractivity contribution is 7.99. The van der Waals surface area contributed by atoms with Crippen molar-refractivity contribution in [3.63, 3.8) is 0 Å². The summed E-state index contributed by atoms with van der Waals surface area (Å²) in [6, 6.07) is 13.3. The molecule has 5 rings (SSSR count). The molecule has 4 heterocycles. The van der Waals surface area contributed by atoms with Crippen LogP contribution in [0.25, 0.3) is 32.1 Å². The molecule has 0 bridgehead atoms. The van der Waals surface area contributed by atoms with Gasteiger partial charge in [-0.2, -0.15) is 9.36 Å². The summed E-state index contributed by atoms with van der Waals surface area (Å²) in [5, 5.41) is 6.25. The highest BCUT2D eigenvalue weighted by Crippen LogP contribution is 2.33. The number of fused-ring (bicyclic) bond motifs is 1. The second-order valence-electron chi connectivity index (χ2n) is 7.46. The number of hydrogen-bond acceptors (Lipinski definition) is 9. The van der Waals surface area contributed by atoms with Gasteiger partial charge in [-0.1, -0.05) is 48.2 Å². The van der Waals surface area contributed by atoms with Gasteiger partial charge in [-0.3, -0.25) is 19.5 Å². The van der Waals surface area contributed by atoms with Crippen molar-refractivity contribution in [3.05, 3.63) is 76.6 Å². The molecular weight excluding hydrogens is 502 g/mol. The smallest absolute Gasteiger partial charge is 0.263 e. The third-order valence-corrected chi connectivity index (χ3v) is 7.62. The molecule has 1 N–H and O–H groups in total. The van der Waals surface area contributed by atoms with Gasteiger partial charge in [-0.25, -0.2) is 4.98 Å². The van der Waals surface area contributed by atoms with Crippen molar-refractivity contribution in [2.75, 3.05) is 11.1 Å². The van der Waals surface area contributed by atoms with Gasteiger partial charge in [0.1, 0.15) is 21.4 Å². The highest BCUT2D eigenvalue weighted by atomic mass is 32.2. The lowest BCUT2D eigenvalue weighted by Crippen LogP contribution is -2.23. The number of aryl methyl sites for hydroxylation is 1. The summed E-state index contributed by atoms with van der Waals surface area (Å²) in [5.74, 6) is 1.41. The lowest BCUT2D eigenvalue weighted by Gasteiger charge is -2.10. The van der Waals surface area contributed by atoms with E-state index in [1.165, 1.54) is 39.2 Å². The van der Waals surface area contributed by atoms with E-state index in [9.17, 15) is 9.59 Å². The van der Waals surface area contributed by atoms with Gasteiger partial charge in [0, 0.05) is 23.1 Å². The maximum Gasteiger partial charge on any atom is 0.263 e. The number of nitrogens with zero attached hydrogens (tertiary/aromatic N) is 4. The van der Waals surface area contributed by atoms with E-state index in [2.05, 4.69) is 26.2 Å². The van der Waals surface area contributed by atoms with Gasteiger partial charge >= 0.3 is 0 Å². The van der Waals surface area contributed by atoms with E-state index >= 15 is 0 Å². The Labute approximate surface area is 212 Å². The van der Waals surface area contributed by atoms with Crippen LogP contribution in [0.2, 0.25) is 0 Å². The molecule has 0 saturated carbocycles. The van der Waals surface area contributed by atoms with Crippen LogP contribution < -0.4 is 10.9 Å². The van der Waals surface area contributed by atoms with Gasteiger partial charge in [0.05, 0.1) is 11.1 Å². The zero-order chi connectivity index (χ0) is 24.4. The van der Waals surface area contributed by atoms with E-state index in [4.69, 9.17) is 4.42 Å². The van der Waals surface area contributed by atoms with Crippen molar-refractivity contribution in [3.8, 4) is 21.9 Å². The van der Waals surface area contributed by atoms with Crippen LogP contribution in [-0.4, -0.2) is 30.6 Å². The fraction of sp³-hybridized carbons (Fsp3) is 0.125. The molecule has 8 nitrogen and oxygen atoms in total. The van der Waals surface area contributed by atoms with Gasteiger partial charge in [-0.05, 0) is 30.6 Å². The molecule has 5 aromatic rings. The number of thioether (sulfide) groups is 1. The molecule has 0 aliphatic heterocycles. The average Bonchev–Trinajstić information content (AvgIpc) is 3.60. The van der Waals surface area contributed by atoms with Crippen LogP contribution in [0, 0.1) is 6.92 Å². The summed E-state index contributed by atoms with van der Waals surface area (Å²) in [5.41, 5.74) is 1.45. The Morgan fingerprint density at radius 1 is 1.23 bits per heavy atom. The predicted molar refractivity (Wildman–Crippen MR) is 141 cm³/mol. The van der Waals surface area contributed by atoms with E-state index in [0.29, 0.717) is 26.7 Å². The molecule has 176 valence electrons. The second kappa shape index (κ2) is 9.98. The third kappa shape index (κ3) is 4.83. The number of carbonyl (C=O) groups excluding carboxylic acids is 1. The zero-order valence-electron chi connectivity index (χ0n) is 18.6. The quantitative estimate of drug-likeness (QED) is 0.164. The number of nitrogens with one attached hydrogen (secondary N) is 1. The Balaban J connectivity index is 1.36. The standard InChI is InChI=1S/C24H19N5O3S3/c1-3-11-29-22(31)19-16(17-10-9-14(2)32-17)12-33-21(19)27-24(29)34-13-18(30)25-23-26-20(35-28-23)15-7-5-4-6-8-15/h3-10,12H,1,11,13H2,2H3,(H,25,28,30). The Kier molecular flexibility index (Phi) is 6.62. The summed E-state index contributed by atoms with van der Waals surface area (Å²) < 4.78 is 11.5. The lowest BCUT2D eigenvalue weighted by molar-refractivity contribution is -0.113. The minimum atomic E-state index is -0.287. The summed E-state index contributed by atoms with van der Waals surface area (Å²) >= 11 is 3.76. The number of thiophene rings is 1. The molecule has 0 spiro atoms. The molecule has 0 fully saturated rings. The predicted octanol–water partition coefficient (Wildman–Crippen LogP) is 5.46. The Bertz CT molecular complexity index is 1580. The molecule has 0 aliphatic rings. The molecule has 11 heteroatoms. The molecule has 4 aromatic heterocycles. The van der Waals surface area contributed by atoms with Crippen molar-refractivity contribution in [1.82, 2.24) is 18.9 Å². The normalized spacial score (nSPS) is 11.1. The number of carbonyl (C=O) groups is 1. The Morgan fingerprint density at radius 2 is 2.06 bits per heavy atom. The van der Waals surface area contributed by atoms with Crippen LogP contribution in [-0.2, 0) is 11.3 Å². The highest BCUT2D eigenvalue weighted by Gasteiger charge is 2.19. The van der Waals surface area contributed by atoms with E-state index < -0.39 is 0 Å². The number of benzene rings is 1. The summed E-state index contributed by atoms with van der Waals surface area (Å²) in [4.78, 5) is 35.6. The van der Waals surface area contributed by atoms with Crippen molar-refractivity contribution in [1.29, 1.82) is 0 Å². The fourth-order valence-corrected chi connectivity index (χ4v) is 5.83. The van der Waals surface area contributed by atoms with Crippen LogP contribution in [0.15, 0.2) is 74.9 Å². The minimum absolute atomic E-state index is 0.0462. The van der Waals surface area contributed by atoms with Crippen LogP contribution in [0.1, 0.15) is 5.76 Å². The molecular formula is C24H19N5O3S3. The lowest BCUT2D eigenvalue weighted by atomic mass is 10.2. The number of anilines is 1. The Morgan fingerprint density at radius 3 is 2.80 bits per heavy atom. The SMILES string of the molecule is C=CCn1c(SCC(=O)Nc2nsc(-c3ccccc3)n2)nc2scc(-c3ccc(C)o3)c2c1=O. The number of hydrogen-bond donors (Lipinski definition) is 1. The van der Waals surface area contributed by atoms with Crippen LogP contribution >= 0.6 is 34.6 Å². The summed E-state index contributed by atoms with van der Waals surface area (Å²) in [6.07, 6.45) is 1.63. The maximum absolute atomic E-state index is 13.4. The average molecular weight is 522 g/mol. The first-order valence-corrected chi connectivity index (χ1v) is 13.2. The molecule has 0 atom stereocenters. The first kappa shape index (κ1) is 23.2. The largest absolute Gasteiger partial charge is 0.461 e. The van der Waals surface area contributed by atoms with Gasteiger partial charge in [0.15, 0.2) is 5.16 Å². The van der Waals surface area contributed by atoms with Crippen LogP contribution in [0.4, 0.5) is 5.95 Å². The first-order valence-electron chi connectivity index (χ1n) is 10.5. The number of furan rings is 1. The van der Waals surface area contributed by atoms with E-state index in [0.717, 1.165) is 16.3 Å². The summed E-state index contributed by atoms with van der Waals surface area (Å²) in [7, 11) is 0. The third-order valence-electron chi connectivity index (χ3n) is 5.01. The van der Waals surface area contributed by atoms with Gasteiger partial charge in [0.2, 0.25) is 11.9 Å². The molecule has 35 heavy (non-hydrogen) atoms. The molecule has 1 aromatic carbocycles. The number of amides is 1. The van der Waals surface area contributed by atoms with E-state index in [-0.39, 0.29) is 29.7 Å². The van der Waals surface area contributed by atoms with Gasteiger partial charge in [0.25, 0.3) is 5.56 Å². The second-order valence-corrected chi connectivity index (χ2v) is 10.0. The van der Waals surface area contributed by atoms with Gasteiger partial charge in [-0.15, -0.1) is 17.9 Å². The van der Waals surface area contributed by atoms with Crippen molar-refractivity contribution < 1.29 is 9.21 Å². The summed E-state index contributed by atoms with van der Waals surface area (Å²) in [6.45, 7) is 5.89. The van der Waals surface area contributed by atoms with Crippen molar-refractivity contribution in [2.24, 2.45) is 0 Å². The topological polar surface area (TPSA) is 103 Å². The monoisotopic (exact) mass is 521 g/mol. The maximum atomic E-state index is 13.4. The first-order chi connectivity index (χ1) is 17.0. The molecule has 1 amide bonds. The Hall–Kier alpha value is -3.54.